The first-order valence-electron chi connectivity index (χ1n) is 7.03. The summed E-state index contributed by atoms with van der Waals surface area (Å²) in [5.74, 6) is 0.672. The van der Waals surface area contributed by atoms with E-state index in [0.717, 1.165) is 10.9 Å². The zero-order chi connectivity index (χ0) is 13.0. The molecule has 98 valence electrons. The predicted molar refractivity (Wildman–Crippen MR) is 80.3 cm³/mol. The quantitative estimate of drug-likeness (QED) is 0.706. The highest BCUT2D eigenvalue weighted by molar-refractivity contribution is 7.09. The van der Waals surface area contributed by atoms with Gasteiger partial charge >= 0.3 is 0 Å². The number of thiazole rings is 1. The average Bonchev–Trinajstić information content (AvgIpc) is 3.00. The van der Waals surface area contributed by atoms with Gasteiger partial charge in [-0.2, -0.15) is 0 Å². The Morgan fingerprint density at radius 1 is 1.37 bits per heavy atom. The molecule has 1 aromatic rings. The van der Waals surface area contributed by atoms with Gasteiger partial charge in [0.15, 0.2) is 0 Å². The Labute approximate surface area is 117 Å². The van der Waals surface area contributed by atoms with Gasteiger partial charge in [-0.25, -0.2) is 4.98 Å². The van der Waals surface area contributed by atoms with Crippen molar-refractivity contribution in [2.45, 2.75) is 18.8 Å². The largest absolute Gasteiger partial charge is 0.328 e. The van der Waals surface area contributed by atoms with Gasteiger partial charge in [-0.05, 0) is 23.6 Å². The van der Waals surface area contributed by atoms with E-state index < -0.39 is 0 Å². The number of likely N-dealkylation sites (tertiary alicyclic amines) is 1. The van der Waals surface area contributed by atoms with Crippen molar-refractivity contribution in [3.05, 3.63) is 38.7 Å². The molecular formula is C16H19N2S+. The first-order valence-corrected chi connectivity index (χ1v) is 7.85. The van der Waals surface area contributed by atoms with Gasteiger partial charge < -0.3 is 4.48 Å². The predicted octanol–water partition coefficient (Wildman–Crippen LogP) is 1.54. The van der Waals surface area contributed by atoms with Crippen LogP contribution in [0.1, 0.15) is 23.8 Å². The lowest BCUT2D eigenvalue weighted by atomic mass is 10.0. The van der Waals surface area contributed by atoms with Crippen LogP contribution >= 0.6 is 11.3 Å². The van der Waals surface area contributed by atoms with Crippen molar-refractivity contribution in [2.75, 3.05) is 27.2 Å². The van der Waals surface area contributed by atoms with Crippen molar-refractivity contribution in [2.24, 2.45) is 0 Å². The Bertz CT molecular complexity index is 718. The molecule has 2 aliphatic carbocycles. The lowest BCUT2D eigenvalue weighted by Gasteiger charge is -2.22. The molecule has 1 saturated heterocycles. The van der Waals surface area contributed by atoms with Gasteiger partial charge in [0.2, 0.25) is 0 Å². The highest BCUT2D eigenvalue weighted by atomic mass is 32.1. The maximum Gasteiger partial charge on any atom is 0.103 e. The fourth-order valence-corrected chi connectivity index (χ4v) is 4.58. The Morgan fingerprint density at radius 2 is 2.26 bits per heavy atom. The fraction of sp³-hybridized carbons (Fsp3) is 0.438. The molecule has 19 heavy (non-hydrogen) atoms. The molecule has 1 aromatic heterocycles. The molecule has 1 unspecified atom stereocenters. The topological polar surface area (TPSA) is 12.9 Å². The molecule has 0 aromatic carbocycles. The second-order valence-corrected chi connectivity index (χ2v) is 7.53. The summed E-state index contributed by atoms with van der Waals surface area (Å²) in [6.07, 6.45) is 11.3. The summed E-state index contributed by atoms with van der Waals surface area (Å²) in [5, 5.41) is 2.64. The molecule has 1 fully saturated rings. The van der Waals surface area contributed by atoms with Crippen LogP contribution in [-0.2, 0) is 0 Å². The molecule has 2 nitrogen and oxygen atoms in total. The third-order valence-corrected chi connectivity index (χ3v) is 5.64. The third kappa shape index (κ3) is 1.84. The number of allylic oxidation sites excluding steroid dienone is 4. The maximum atomic E-state index is 4.99. The Kier molecular flexibility index (Phi) is 2.39. The van der Waals surface area contributed by atoms with Crippen molar-refractivity contribution in [3.63, 3.8) is 0 Å². The molecule has 0 spiro atoms. The third-order valence-electron chi connectivity index (χ3n) is 4.47. The van der Waals surface area contributed by atoms with Crippen LogP contribution < -0.4 is 9.88 Å². The Balaban J connectivity index is 1.76. The van der Waals surface area contributed by atoms with Gasteiger partial charge in [-0.15, -0.1) is 11.3 Å². The Morgan fingerprint density at radius 3 is 3.05 bits per heavy atom. The summed E-state index contributed by atoms with van der Waals surface area (Å²) in [6, 6.07) is 0. The highest BCUT2D eigenvalue weighted by Gasteiger charge is 2.34. The van der Waals surface area contributed by atoms with E-state index in [1.807, 2.05) is 11.3 Å². The lowest BCUT2D eigenvalue weighted by Crippen LogP contribution is -2.36. The van der Waals surface area contributed by atoms with Gasteiger partial charge in [0, 0.05) is 6.42 Å². The first-order chi connectivity index (χ1) is 9.12. The summed E-state index contributed by atoms with van der Waals surface area (Å²) >= 11 is 1.92. The Hall–Kier alpha value is -1.19. The number of likely N-dealkylation sites (N-methyl/N-ethyl adjacent to an activating group) is 1. The molecule has 2 heterocycles. The molecule has 0 bridgehead atoms. The van der Waals surface area contributed by atoms with Gasteiger partial charge in [-0.3, -0.25) is 0 Å². The minimum atomic E-state index is 0.672. The van der Waals surface area contributed by atoms with Crippen LogP contribution in [0.4, 0.5) is 0 Å². The SMILES string of the molecule is C[N+]1(C)CCC(c2nc3c(s2)=CC2=CC=CCC=32)C1. The summed E-state index contributed by atoms with van der Waals surface area (Å²) in [4.78, 5) is 4.99. The molecule has 0 amide bonds. The highest BCUT2D eigenvalue weighted by Crippen LogP contribution is 2.30. The van der Waals surface area contributed by atoms with E-state index in [4.69, 9.17) is 4.98 Å². The second-order valence-electron chi connectivity index (χ2n) is 6.47. The minimum absolute atomic E-state index is 0.672. The van der Waals surface area contributed by atoms with Crippen molar-refractivity contribution in [1.29, 1.82) is 0 Å². The molecule has 0 N–H and O–H groups in total. The number of hydrogen-bond donors (Lipinski definition) is 0. The number of rotatable bonds is 1. The monoisotopic (exact) mass is 271 g/mol. The minimum Gasteiger partial charge on any atom is -0.328 e. The van der Waals surface area contributed by atoms with E-state index in [0.29, 0.717) is 5.92 Å². The number of aromatic nitrogens is 1. The molecule has 3 heteroatoms. The normalized spacial score (nSPS) is 26.9. The summed E-state index contributed by atoms with van der Waals surface area (Å²) in [7, 11) is 4.66. The molecule has 1 aliphatic heterocycles. The van der Waals surface area contributed by atoms with E-state index in [9.17, 15) is 0 Å². The van der Waals surface area contributed by atoms with Crippen LogP contribution in [0.3, 0.4) is 0 Å². The molecule has 1 atom stereocenters. The van der Waals surface area contributed by atoms with Crippen LogP contribution in [0.5, 0.6) is 0 Å². The molecule has 3 aliphatic rings. The van der Waals surface area contributed by atoms with Crippen LogP contribution in [-0.4, -0.2) is 36.7 Å². The van der Waals surface area contributed by atoms with E-state index in [-0.39, 0.29) is 0 Å². The van der Waals surface area contributed by atoms with E-state index in [1.54, 1.807) is 0 Å². The summed E-state index contributed by atoms with van der Waals surface area (Å²) < 4.78 is 2.53. The van der Waals surface area contributed by atoms with Crippen LogP contribution in [0.15, 0.2) is 23.8 Å². The number of fused-ring (bicyclic) bond motifs is 2. The summed E-state index contributed by atoms with van der Waals surface area (Å²) in [6.45, 7) is 2.52. The van der Waals surface area contributed by atoms with Crippen molar-refractivity contribution in [1.82, 2.24) is 4.98 Å². The number of nitrogens with zero attached hydrogens (tertiary/aromatic N) is 2. The summed E-state index contributed by atoms with van der Waals surface area (Å²) in [5.41, 5.74) is 2.82. The smallest absolute Gasteiger partial charge is 0.103 e. The average molecular weight is 271 g/mol. The molecular weight excluding hydrogens is 252 g/mol. The maximum absolute atomic E-state index is 4.99. The molecule has 0 saturated carbocycles. The van der Waals surface area contributed by atoms with E-state index in [2.05, 4.69) is 38.4 Å². The zero-order valence-corrected chi connectivity index (χ0v) is 12.3. The lowest BCUT2D eigenvalue weighted by molar-refractivity contribution is -0.878. The van der Waals surface area contributed by atoms with E-state index in [1.165, 1.54) is 45.5 Å². The molecule has 0 radical (unpaired) electrons. The number of hydrogen-bond acceptors (Lipinski definition) is 2. The van der Waals surface area contributed by atoms with Gasteiger partial charge in [-0.1, -0.05) is 18.2 Å². The van der Waals surface area contributed by atoms with Gasteiger partial charge in [0.1, 0.15) is 5.01 Å². The van der Waals surface area contributed by atoms with Crippen LogP contribution in [0.25, 0.3) is 11.6 Å². The van der Waals surface area contributed by atoms with Gasteiger partial charge in [0.05, 0.1) is 43.0 Å². The van der Waals surface area contributed by atoms with E-state index >= 15 is 0 Å². The second kappa shape index (κ2) is 3.90. The van der Waals surface area contributed by atoms with Crippen molar-refractivity contribution >= 4 is 23.0 Å². The van der Waals surface area contributed by atoms with Crippen molar-refractivity contribution in [3.8, 4) is 0 Å². The molecule has 4 rings (SSSR count). The van der Waals surface area contributed by atoms with Crippen LogP contribution in [0.2, 0.25) is 0 Å². The fourth-order valence-electron chi connectivity index (χ4n) is 3.41. The van der Waals surface area contributed by atoms with Gasteiger partial charge in [0.25, 0.3) is 0 Å². The first kappa shape index (κ1) is 11.6. The standard InChI is InChI=1S/C16H19N2S/c1-18(2)8-7-12(10-18)16-17-15-13-6-4-3-5-11(13)9-14(15)19-16/h3-5,9,12H,6-8,10H2,1-2H3/q+1. The van der Waals surface area contributed by atoms with Crippen molar-refractivity contribution < 1.29 is 4.48 Å². The zero-order valence-electron chi connectivity index (χ0n) is 11.5. The van der Waals surface area contributed by atoms with Crippen LogP contribution in [0, 0.1) is 0 Å². The number of quaternary nitrogens is 1.